The maximum atomic E-state index is 12.8. The number of carbonyl (C=O) groups is 1. The lowest BCUT2D eigenvalue weighted by Crippen LogP contribution is -2.26. The highest BCUT2D eigenvalue weighted by Crippen LogP contribution is 2.37. The van der Waals surface area contributed by atoms with Gasteiger partial charge in [-0.2, -0.15) is 0 Å². The molecule has 0 spiro atoms. The second-order valence-electron chi connectivity index (χ2n) is 5.76. The first-order valence-corrected chi connectivity index (χ1v) is 8.17. The molecule has 26 heavy (non-hydrogen) atoms. The van der Waals surface area contributed by atoms with Crippen molar-refractivity contribution in [1.29, 1.82) is 0 Å². The molecule has 0 atom stereocenters. The van der Waals surface area contributed by atoms with E-state index in [2.05, 4.69) is 0 Å². The Morgan fingerprint density at radius 1 is 0.885 bits per heavy atom. The smallest absolute Gasteiger partial charge is 0.277 e. The number of benzene rings is 3. The summed E-state index contributed by atoms with van der Waals surface area (Å²) in [6, 6.07) is 17.4. The molecule has 0 bridgehead atoms. The van der Waals surface area contributed by atoms with Gasteiger partial charge in [0.2, 0.25) is 0 Å². The van der Waals surface area contributed by atoms with Crippen LogP contribution in [0.2, 0.25) is 0 Å². The van der Waals surface area contributed by atoms with Gasteiger partial charge in [-0.1, -0.05) is 36.4 Å². The van der Waals surface area contributed by atoms with E-state index in [4.69, 9.17) is 14.3 Å². The fourth-order valence-corrected chi connectivity index (χ4v) is 3.01. The van der Waals surface area contributed by atoms with Crippen molar-refractivity contribution < 1.29 is 19.1 Å². The number of hydrogen-bond acceptors (Lipinski definition) is 4. The molecule has 0 aromatic heterocycles. The molecule has 1 amide bonds. The van der Waals surface area contributed by atoms with Gasteiger partial charge in [-0.15, -0.1) is 0 Å². The van der Waals surface area contributed by atoms with Crippen molar-refractivity contribution in [2.24, 2.45) is 0 Å². The average Bonchev–Trinajstić information content (AvgIpc) is 2.71. The normalized spacial score (nSPS) is 10.6. The minimum absolute atomic E-state index is 0.219. The molecule has 5 nitrogen and oxygen atoms in total. The number of nitrogens with zero attached hydrogens (tertiary/aromatic N) is 1. The van der Waals surface area contributed by atoms with Crippen molar-refractivity contribution >= 4 is 16.7 Å². The Bertz CT molecular complexity index is 952. The molecule has 0 aliphatic rings. The largest absolute Gasteiger partial charge is 0.493 e. The van der Waals surface area contributed by atoms with Crippen molar-refractivity contribution in [1.82, 2.24) is 5.06 Å². The molecule has 0 heterocycles. The van der Waals surface area contributed by atoms with E-state index in [0.717, 1.165) is 21.9 Å². The van der Waals surface area contributed by atoms with Crippen molar-refractivity contribution in [3.05, 3.63) is 60.2 Å². The van der Waals surface area contributed by atoms with Gasteiger partial charge in [0.05, 0.1) is 26.9 Å². The van der Waals surface area contributed by atoms with Crippen molar-refractivity contribution in [3.63, 3.8) is 0 Å². The highest BCUT2D eigenvalue weighted by atomic mass is 16.7. The Balaban J connectivity index is 2.30. The topological polar surface area (TPSA) is 48.0 Å². The quantitative estimate of drug-likeness (QED) is 0.648. The van der Waals surface area contributed by atoms with E-state index < -0.39 is 0 Å². The fraction of sp³-hybridized carbons (Fsp3) is 0.190. The molecular weight excluding hydrogens is 330 g/mol. The highest BCUT2D eigenvalue weighted by molar-refractivity contribution is 6.09. The minimum Gasteiger partial charge on any atom is -0.493 e. The minimum atomic E-state index is -0.219. The van der Waals surface area contributed by atoms with Crippen LogP contribution in [-0.4, -0.2) is 39.3 Å². The van der Waals surface area contributed by atoms with Gasteiger partial charge in [-0.3, -0.25) is 9.63 Å². The van der Waals surface area contributed by atoms with Gasteiger partial charge >= 0.3 is 0 Å². The predicted molar refractivity (Wildman–Crippen MR) is 102 cm³/mol. The van der Waals surface area contributed by atoms with Crippen LogP contribution in [0.5, 0.6) is 11.5 Å². The van der Waals surface area contributed by atoms with E-state index in [9.17, 15) is 4.79 Å². The van der Waals surface area contributed by atoms with E-state index in [1.54, 1.807) is 21.3 Å². The highest BCUT2D eigenvalue weighted by Gasteiger charge is 2.20. The second kappa shape index (κ2) is 7.45. The summed E-state index contributed by atoms with van der Waals surface area (Å²) in [6.45, 7) is 0. The van der Waals surface area contributed by atoms with Gasteiger partial charge in [0.15, 0.2) is 11.5 Å². The first-order chi connectivity index (χ1) is 12.6. The number of ether oxygens (including phenoxy) is 2. The van der Waals surface area contributed by atoms with E-state index in [0.29, 0.717) is 17.1 Å². The standard InChI is InChI=1S/C21H21NO4/c1-22(26-4)21(23)17-11-9-14-7-5-6-8-16(14)20(17)15-10-12-18(24-2)19(13-15)25-3/h5-13H,1-4H3. The molecule has 5 heteroatoms. The molecule has 0 N–H and O–H groups in total. The number of fused-ring (bicyclic) bond motifs is 1. The lowest BCUT2D eigenvalue weighted by atomic mass is 9.92. The third-order valence-electron chi connectivity index (χ3n) is 4.39. The van der Waals surface area contributed by atoms with Crippen LogP contribution in [0, 0.1) is 0 Å². The summed E-state index contributed by atoms with van der Waals surface area (Å²) < 4.78 is 10.8. The molecule has 3 rings (SSSR count). The molecule has 0 saturated heterocycles. The number of methoxy groups -OCH3 is 2. The van der Waals surface area contributed by atoms with Crippen molar-refractivity contribution in [3.8, 4) is 22.6 Å². The SMILES string of the molecule is COc1ccc(-c2c(C(=O)N(C)OC)ccc3ccccc23)cc1OC. The van der Waals surface area contributed by atoms with Crippen molar-refractivity contribution in [2.45, 2.75) is 0 Å². The molecule has 0 fully saturated rings. The van der Waals surface area contributed by atoms with Crippen LogP contribution in [0.15, 0.2) is 54.6 Å². The van der Waals surface area contributed by atoms with Gasteiger partial charge in [-0.25, -0.2) is 5.06 Å². The summed E-state index contributed by atoms with van der Waals surface area (Å²) in [6.07, 6.45) is 0. The predicted octanol–water partition coefficient (Wildman–Crippen LogP) is 4.16. The van der Waals surface area contributed by atoms with Crippen LogP contribution in [0.25, 0.3) is 21.9 Å². The summed E-state index contributed by atoms with van der Waals surface area (Å²) in [5.74, 6) is 1.03. The van der Waals surface area contributed by atoms with Gasteiger partial charge < -0.3 is 9.47 Å². The zero-order valence-electron chi connectivity index (χ0n) is 15.3. The summed E-state index contributed by atoms with van der Waals surface area (Å²) in [7, 11) is 6.25. The number of amides is 1. The molecule has 3 aromatic rings. The molecule has 134 valence electrons. The zero-order valence-corrected chi connectivity index (χ0v) is 15.3. The summed E-state index contributed by atoms with van der Waals surface area (Å²) >= 11 is 0. The summed E-state index contributed by atoms with van der Waals surface area (Å²) in [5.41, 5.74) is 2.26. The van der Waals surface area contributed by atoms with Crippen LogP contribution in [-0.2, 0) is 4.84 Å². The Labute approximate surface area is 152 Å². The summed E-state index contributed by atoms with van der Waals surface area (Å²) in [4.78, 5) is 17.9. The Morgan fingerprint density at radius 3 is 2.31 bits per heavy atom. The first kappa shape index (κ1) is 17.8. The first-order valence-electron chi connectivity index (χ1n) is 8.17. The van der Waals surface area contributed by atoms with Crippen LogP contribution < -0.4 is 9.47 Å². The fourth-order valence-electron chi connectivity index (χ4n) is 3.01. The molecule has 3 aromatic carbocycles. The molecule has 0 saturated carbocycles. The molecular formula is C21H21NO4. The number of carbonyl (C=O) groups excluding carboxylic acids is 1. The third kappa shape index (κ3) is 3.09. The lowest BCUT2D eigenvalue weighted by Gasteiger charge is -2.19. The Morgan fingerprint density at radius 2 is 1.62 bits per heavy atom. The van der Waals surface area contributed by atoms with E-state index in [1.807, 2.05) is 54.6 Å². The van der Waals surface area contributed by atoms with Gasteiger partial charge in [0.25, 0.3) is 5.91 Å². The lowest BCUT2D eigenvalue weighted by molar-refractivity contribution is -0.0756. The van der Waals surface area contributed by atoms with Crippen LogP contribution >= 0.6 is 0 Å². The van der Waals surface area contributed by atoms with Gasteiger partial charge in [0.1, 0.15) is 0 Å². The summed E-state index contributed by atoms with van der Waals surface area (Å²) in [5, 5.41) is 3.25. The molecule has 0 aliphatic carbocycles. The number of rotatable bonds is 5. The molecule has 0 aliphatic heterocycles. The van der Waals surface area contributed by atoms with Crippen LogP contribution in [0.3, 0.4) is 0 Å². The Hall–Kier alpha value is -3.05. The number of hydroxylamine groups is 2. The maximum absolute atomic E-state index is 12.8. The number of hydrogen-bond donors (Lipinski definition) is 0. The Kier molecular flexibility index (Phi) is 5.09. The zero-order chi connectivity index (χ0) is 18.7. The average molecular weight is 351 g/mol. The van der Waals surface area contributed by atoms with E-state index in [-0.39, 0.29) is 5.91 Å². The second-order valence-corrected chi connectivity index (χ2v) is 5.76. The third-order valence-corrected chi connectivity index (χ3v) is 4.39. The van der Waals surface area contributed by atoms with Crippen molar-refractivity contribution in [2.75, 3.05) is 28.4 Å². The van der Waals surface area contributed by atoms with E-state index in [1.165, 1.54) is 12.2 Å². The molecule has 0 unspecified atom stereocenters. The monoisotopic (exact) mass is 351 g/mol. The van der Waals surface area contributed by atoms with Crippen LogP contribution in [0.1, 0.15) is 10.4 Å². The maximum Gasteiger partial charge on any atom is 0.277 e. The van der Waals surface area contributed by atoms with Gasteiger partial charge in [-0.05, 0) is 34.5 Å². The van der Waals surface area contributed by atoms with Gasteiger partial charge in [0, 0.05) is 12.6 Å². The molecule has 0 radical (unpaired) electrons. The van der Waals surface area contributed by atoms with Crippen LogP contribution in [0.4, 0.5) is 0 Å². The van der Waals surface area contributed by atoms with E-state index >= 15 is 0 Å².